The lowest BCUT2D eigenvalue weighted by Crippen LogP contribution is -2.22. The first-order valence-corrected chi connectivity index (χ1v) is 3.87. The molecule has 0 aromatic carbocycles. The smallest absolute Gasteiger partial charge is 0.384 e. The molecule has 0 radical (unpaired) electrons. The maximum absolute atomic E-state index is 11.6. The van der Waals surface area contributed by atoms with Crippen molar-refractivity contribution in [1.82, 2.24) is 0 Å². The van der Waals surface area contributed by atoms with E-state index in [2.05, 4.69) is 9.47 Å². The molecule has 16 heavy (non-hydrogen) atoms. The average Bonchev–Trinajstić information content (AvgIpc) is 2.36. The summed E-state index contributed by atoms with van der Waals surface area (Å²) >= 11 is 0. The Morgan fingerprint density at radius 1 is 1.31 bits per heavy atom. The van der Waals surface area contributed by atoms with Crippen molar-refractivity contribution in [1.29, 1.82) is 0 Å². The molecule has 5 nitrogen and oxygen atoms in total. The van der Waals surface area contributed by atoms with Crippen molar-refractivity contribution in [2.45, 2.75) is 33.1 Å². The number of rotatable bonds is 2. The molecule has 0 fully saturated rings. The molecule has 0 aliphatic heterocycles. The highest BCUT2D eigenvalue weighted by molar-refractivity contribution is 6.32. The van der Waals surface area contributed by atoms with Crippen LogP contribution in [0.3, 0.4) is 0 Å². The summed E-state index contributed by atoms with van der Waals surface area (Å²) in [6, 6.07) is 0. The van der Waals surface area contributed by atoms with Gasteiger partial charge < -0.3 is 9.47 Å². The zero-order chi connectivity index (χ0) is 20.3. The van der Waals surface area contributed by atoms with Crippen molar-refractivity contribution in [2.24, 2.45) is 0 Å². The van der Waals surface area contributed by atoms with Gasteiger partial charge in [0.25, 0.3) is 0 Å². The summed E-state index contributed by atoms with van der Waals surface area (Å²) < 4.78 is 73.7. The molecule has 0 aliphatic carbocycles. The van der Waals surface area contributed by atoms with Crippen molar-refractivity contribution in [3.05, 3.63) is 0 Å². The molecule has 0 spiro atoms. The van der Waals surface area contributed by atoms with E-state index in [0.717, 1.165) is 6.92 Å². The summed E-state index contributed by atoms with van der Waals surface area (Å²) in [5.41, 5.74) is -3.80. The normalized spacial score (nSPS) is 20.4. The number of carbonyl (C=O) groups excluding carboxylic acids is 3. The molecule has 0 aromatic heterocycles. The van der Waals surface area contributed by atoms with Crippen LogP contribution in [0.4, 0.5) is 0 Å². The quantitative estimate of drug-likeness (QED) is 0.229. The molecule has 0 N–H and O–H groups in total. The first-order valence-electron chi connectivity index (χ1n) is 8.37. The van der Waals surface area contributed by atoms with Gasteiger partial charge in [0.05, 0.1) is 0 Å². The first kappa shape index (κ1) is 5.00. The Bertz CT molecular complexity index is 567. The van der Waals surface area contributed by atoms with E-state index >= 15 is 0 Å². The highest BCUT2D eigenvalue weighted by atomic mass is 16.6. The van der Waals surface area contributed by atoms with Gasteiger partial charge >= 0.3 is 11.9 Å². The SMILES string of the molecule is [2H]C([2H])([2H])C(OC(=O)C#CCO[13C](=O)C(C)=O)(C([2H])([2H])[2H])C([2H])([2H])[2H]. The standard InChI is InChI=1S/C11H14O5/c1-8(12)10(14)15-7-5-6-9(13)16-11(2,3)4/h7H2,1-4H3/i2D3,3D3,4D3,10+1. The third-order valence-corrected chi connectivity index (χ3v) is 0.999. The molecule has 0 atom stereocenters. The molecule has 0 rings (SSSR count). The summed E-state index contributed by atoms with van der Waals surface area (Å²) in [4.78, 5) is 33.0. The van der Waals surface area contributed by atoms with Gasteiger partial charge in [-0.05, 0) is 26.5 Å². The van der Waals surface area contributed by atoms with Gasteiger partial charge in [0, 0.05) is 25.2 Å². The number of hydrogen-bond donors (Lipinski definition) is 0. The number of ketones is 1. The lowest BCUT2D eigenvalue weighted by molar-refractivity contribution is -0.151. The Morgan fingerprint density at radius 2 is 1.94 bits per heavy atom. The van der Waals surface area contributed by atoms with Crippen LogP contribution in [0.5, 0.6) is 0 Å². The fourth-order valence-electron chi connectivity index (χ4n) is 0.476. The van der Waals surface area contributed by atoms with E-state index in [1.54, 1.807) is 5.92 Å². The molecule has 0 saturated heterocycles. The Morgan fingerprint density at radius 3 is 2.44 bits per heavy atom. The van der Waals surface area contributed by atoms with Crippen molar-refractivity contribution < 1.29 is 36.2 Å². The van der Waals surface area contributed by atoms with Crippen molar-refractivity contribution in [2.75, 3.05) is 6.61 Å². The van der Waals surface area contributed by atoms with Gasteiger partial charge in [-0.3, -0.25) is 4.79 Å². The molecular weight excluding hydrogens is 213 g/mol. The molecule has 0 heterocycles. The minimum Gasteiger partial charge on any atom is -0.450 e. The van der Waals surface area contributed by atoms with Crippen molar-refractivity contribution in [3.8, 4) is 11.8 Å². The summed E-state index contributed by atoms with van der Waals surface area (Å²) in [6.45, 7) is -11.0. The second kappa shape index (κ2) is 5.91. The third kappa shape index (κ3) is 7.56. The second-order valence-electron chi connectivity index (χ2n) is 2.50. The molecule has 0 aromatic rings. The number of carbonyl (C=O) groups is 3. The van der Waals surface area contributed by atoms with Gasteiger partial charge in [0.15, 0.2) is 6.61 Å². The number of Topliss-reactive ketones (excluding diaryl/α,β-unsaturated/α-hetero) is 1. The zero-order valence-electron chi connectivity index (χ0n) is 17.2. The molecule has 0 unspecified atom stereocenters. The summed E-state index contributed by atoms with van der Waals surface area (Å²) in [5.74, 6) is -0.466. The van der Waals surface area contributed by atoms with Gasteiger partial charge in [-0.15, -0.1) is 0 Å². The molecule has 0 amide bonds. The zero-order valence-corrected chi connectivity index (χ0v) is 8.25. The van der Waals surface area contributed by atoms with Crippen LogP contribution in [0.2, 0.25) is 0 Å². The third-order valence-electron chi connectivity index (χ3n) is 0.999. The maximum Gasteiger partial charge on any atom is 0.384 e. The molecule has 0 bridgehead atoms. The van der Waals surface area contributed by atoms with E-state index in [1.807, 2.05) is 5.92 Å². The van der Waals surface area contributed by atoms with E-state index in [4.69, 9.17) is 12.3 Å². The minimum absolute atomic E-state index is 0.754. The van der Waals surface area contributed by atoms with Crippen LogP contribution in [0.1, 0.15) is 39.8 Å². The molecule has 88 valence electrons. The highest BCUT2D eigenvalue weighted by Crippen LogP contribution is 2.05. The van der Waals surface area contributed by atoms with E-state index in [-0.39, 0.29) is 0 Å². The van der Waals surface area contributed by atoms with Gasteiger partial charge in [-0.1, -0.05) is 0 Å². The van der Waals surface area contributed by atoms with Crippen molar-refractivity contribution in [3.63, 3.8) is 0 Å². The second-order valence-corrected chi connectivity index (χ2v) is 2.50. The monoisotopic (exact) mass is 236 g/mol. The lowest BCUT2D eigenvalue weighted by Gasteiger charge is -2.16. The fraction of sp³-hybridized carbons (Fsp3) is 0.545. The summed E-state index contributed by atoms with van der Waals surface area (Å²) in [5, 5.41) is 0. The van der Waals surface area contributed by atoms with E-state index < -0.39 is 50.5 Å². The predicted octanol–water partition coefficient (Wildman–Crippen LogP) is 0.464. The molecule has 5 heteroatoms. The van der Waals surface area contributed by atoms with Crippen LogP contribution in [-0.2, 0) is 23.9 Å². The Balaban J connectivity index is 5.55. The average molecular weight is 236 g/mol. The van der Waals surface area contributed by atoms with Crippen LogP contribution >= 0.6 is 0 Å². The van der Waals surface area contributed by atoms with Gasteiger partial charge in [-0.2, -0.15) is 0 Å². The number of ether oxygens (including phenoxy) is 2. The van der Waals surface area contributed by atoms with Crippen LogP contribution in [-0.4, -0.2) is 29.9 Å². The minimum atomic E-state index is -3.80. The van der Waals surface area contributed by atoms with Gasteiger partial charge in [0.2, 0.25) is 5.78 Å². The number of hydrogen-bond acceptors (Lipinski definition) is 5. The van der Waals surface area contributed by atoms with Crippen LogP contribution < -0.4 is 0 Å². The summed E-state index contributed by atoms with van der Waals surface area (Å²) in [7, 11) is 0. The van der Waals surface area contributed by atoms with Crippen LogP contribution in [0, 0.1) is 11.8 Å². The van der Waals surface area contributed by atoms with Crippen molar-refractivity contribution >= 4 is 17.7 Å². The topological polar surface area (TPSA) is 69.7 Å². The predicted molar refractivity (Wildman–Crippen MR) is 55.3 cm³/mol. The van der Waals surface area contributed by atoms with Gasteiger partial charge in [-0.25, -0.2) is 9.59 Å². The first-order chi connectivity index (χ1) is 11.0. The largest absolute Gasteiger partial charge is 0.450 e. The molecular formula is C11H14O5. The highest BCUT2D eigenvalue weighted by Gasteiger charge is 2.14. The Labute approximate surface area is 107 Å². The fourth-order valence-corrected chi connectivity index (χ4v) is 0.476. The molecule has 0 aliphatic rings. The summed E-state index contributed by atoms with van der Waals surface area (Å²) in [6.07, 6.45) is 0. The van der Waals surface area contributed by atoms with Gasteiger partial charge in [0.1, 0.15) is 5.60 Å². The Kier molecular flexibility index (Phi) is 1.85. The van der Waals surface area contributed by atoms with Crippen LogP contribution in [0.25, 0.3) is 0 Å². The lowest BCUT2D eigenvalue weighted by atomic mass is 10.2. The molecule has 0 saturated carbocycles. The van der Waals surface area contributed by atoms with Crippen LogP contribution in [0.15, 0.2) is 0 Å². The van der Waals surface area contributed by atoms with E-state index in [9.17, 15) is 14.4 Å². The van der Waals surface area contributed by atoms with E-state index in [1.165, 1.54) is 0 Å². The van der Waals surface area contributed by atoms with E-state index in [0.29, 0.717) is 0 Å². The number of esters is 2. The maximum atomic E-state index is 11.6. The Hall–Kier alpha value is -1.83.